The van der Waals surface area contributed by atoms with Gasteiger partial charge in [0.2, 0.25) is 10.0 Å². The molecule has 4 nitrogen and oxygen atoms in total. The van der Waals surface area contributed by atoms with Gasteiger partial charge in [0.15, 0.2) is 0 Å². The van der Waals surface area contributed by atoms with Gasteiger partial charge in [-0.25, -0.2) is 12.7 Å². The molecule has 0 atom stereocenters. The minimum atomic E-state index is -3.09. The number of hydrogen-bond acceptors (Lipinski definition) is 3. The van der Waals surface area contributed by atoms with Gasteiger partial charge in [-0.3, -0.25) is 0 Å². The molecule has 0 aromatic heterocycles. The van der Waals surface area contributed by atoms with Crippen molar-refractivity contribution in [2.45, 2.75) is 25.8 Å². The van der Waals surface area contributed by atoms with E-state index < -0.39 is 10.0 Å². The molecule has 90 valence electrons. The van der Waals surface area contributed by atoms with E-state index in [0.29, 0.717) is 0 Å². The summed E-state index contributed by atoms with van der Waals surface area (Å²) in [5.41, 5.74) is 0. The predicted octanol–water partition coefficient (Wildman–Crippen LogP) is 1.08. The van der Waals surface area contributed by atoms with Crippen molar-refractivity contribution in [3.8, 4) is 0 Å². The molecule has 0 bridgehead atoms. The number of likely N-dealkylation sites (tertiary alicyclic amines) is 1. The van der Waals surface area contributed by atoms with Crippen molar-refractivity contribution in [1.29, 1.82) is 0 Å². The first-order valence-corrected chi connectivity index (χ1v) is 7.98. The highest BCUT2D eigenvalue weighted by Crippen LogP contribution is 2.18. The van der Waals surface area contributed by atoms with Crippen LogP contribution in [-0.2, 0) is 10.0 Å². The van der Waals surface area contributed by atoms with Gasteiger partial charge in [0.25, 0.3) is 0 Å². The summed E-state index contributed by atoms with van der Waals surface area (Å²) in [5, 5.41) is 0. The Bertz CT molecular complexity index is 286. The maximum absolute atomic E-state index is 11.6. The van der Waals surface area contributed by atoms with Crippen LogP contribution in [0.15, 0.2) is 0 Å². The second-order valence-corrected chi connectivity index (χ2v) is 7.23. The number of sulfonamides is 1. The molecule has 0 spiro atoms. The molecule has 0 N–H and O–H groups in total. The van der Waals surface area contributed by atoms with E-state index in [4.69, 9.17) is 0 Å². The number of halogens is 1. The summed E-state index contributed by atoms with van der Waals surface area (Å²) in [4.78, 5) is 2.35. The Balaban J connectivity index is 2.53. The molecule has 0 aromatic rings. The van der Waals surface area contributed by atoms with Gasteiger partial charge < -0.3 is 4.90 Å². The van der Waals surface area contributed by atoms with Crippen molar-refractivity contribution in [2.24, 2.45) is 0 Å². The summed E-state index contributed by atoms with van der Waals surface area (Å²) in [6.45, 7) is 5.20. The molecule has 1 fully saturated rings. The van der Waals surface area contributed by atoms with Gasteiger partial charge in [0.1, 0.15) is 4.66 Å². The van der Waals surface area contributed by atoms with Crippen LogP contribution in [0, 0.1) is 0 Å². The van der Waals surface area contributed by atoms with E-state index in [1.165, 1.54) is 4.31 Å². The molecule has 15 heavy (non-hydrogen) atoms. The van der Waals surface area contributed by atoms with Gasteiger partial charge >= 0.3 is 0 Å². The molecule has 0 aliphatic carbocycles. The van der Waals surface area contributed by atoms with Gasteiger partial charge in [-0.2, -0.15) is 0 Å². The number of nitrogens with zero attached hydrogens (tertiary/aromatic N) is 2. The van der Waals surface area contributed by atoms with Crippen molar-refractivity contribution in [3.05, 3.63) is 0 Å². The lowest BCUT2D eigenvalue weighted by molar-refractivity contribution is 0.177. The Hall–Kier alpha value is 0.350. The third kappa shape index (κ3) is 3.41. The summed E-state index contributed by atoms with van der Waals surface area (Å²) in [7, 11) is -1.41. The summed E-state index contributed by atoms with van der Waals surface area (Å²) in [5.74, 6) is 0. The Morgan fingerprint density at radius 1 is 1.40 bits per heavy atom. The molecule has 0 unspecified atom stereocenters. The SMILES string of the molecule is CCN1CCC(N(C)S(=O)(=O)CBr)CC1. The standard InChI is InChI=1S/C9H19BrN2O2S/c1-3-12-6-4-9(5-7-12)11(2)15(13,14)8-10/h9H,3-8H2,1-2H3. The van der Waals surface area contributed by atoms with Crippen molar-refractivity contribution in [3.63, 3.8) is 0 Å². The van der Waals surface area contributed by atoms with Crippen LogP contribution in [0.3, 0.4) is 0 Å². The van der Waals surface area contributed by atoms with E-state index in [-0.39, 0.29) is 10.7 Å². The molecule has 6 heteroatoms. The highest BCUT2D eigenvalue weighted by molar-refractivity contribution is 9.10. The monoisotopic (exact) mass is 298 g/mol. The largest absolute Gasteiger partial charge is 0.303 e. The minimum Gasteiger partial charge on any atom is -0.303 e. The maximum atomic E-state index is 11.6. The number of alkyl halides is 1. The fraction of sp³-hybridized carbons (Fsp3) is 1.00. The highest BCUT2D eigenvalue weighted by atomic mass is 79.9. The topological polar surface area (TPSA) is 40.6 Å². The second-order valence-electron chi connectivity index (χ2n) is 3.90. The van der Waals surface area contributed by atoms with Gasteiger partial charge in [0, 0.05) is 13.1 Å². The van der Waals surface area contributed by atoms with Crippen LogP contribution in [0.5, 0.6) is 0 Å². The van der Waals surface area contributed by atoms with E-state index in [1.807, 2.05) is 0 Å². The Labute approximate surface area is 101 Å². The zero-order valence-corrected chi connectivity index (χ0v) is 11.7. The van der Waals surface area contributed by atoms with Gasteiger partial charge in [-0.1, -0.05) is 22.9 Å². The molecule has 0 saturated carbocycles. The van der Waals surface area contributed by atoms with Crippen molar-refractivity contribution in [1.82, 2.24) is 9.21 Å². The molecule has 0 aromatic carbocycles. The number of rotatable bonds is 4. The van der Waals surface area contributed by atoms with Crippen LogP contribution in [0.4, 0.5) is 0 Å². The van der Waals surface area contributed by atoms with E-state index in [9.17, 15) is 8.42 Å². The van der Waals surface area contributed by atoms with Crippen molar-refractivity contribution < 1.29 is 8.42 Å². The van der Waals surface area contributed by atoms with Gasteiger partial charge in [-0.15, -0.1) is 0 Å². The van der Waals surface area contributed by atoms with Crippen LogP contribution >= 0.6 is 15.9 Å². The number of hydrogen-bond donors (Lipinski definition) is 0. The maximum Gasteiger partial charge on any atom is 0.224 e. The molecule has 0 amide bonds. The molecule has 1 heterocycles. The third-order valence-corrected chi connectivity index (χ3v) is 6.28. The molecule has 1 aliphatic rings. The first-order valence-electron chi connectivity index (χ1n) is 5.25. The van der Waals surface area contributed by atoms with Crippen LogP contribution in [0.1, 0.15) is 19.8 Å². The quantitative estimate of drug-likeness (QED) is 0.730. The van der Waals surface area contributed by atoms with Crippen LogP contribution < -0.4 is 0 Å². The third-order valence-electron chi connectivity index (χ3n) is 3.10. The summed E-state index contributed by atoms with van der Waals surface area (Å²) in [6.07, 6.45) is 1.88. The van der Waals surface area contributed by atoms with E-state index >= 15 is 0 Å². The van der Waals surface area contributed by atoms with Crippen molar-refractivity contribution >= 4 is 26.0 Å². The Morgan fingerprint density at radius 2 is 1.93 bits per heavy atom. The lowest BCUT2D eigenvalue weighted by Crippen LogP contribution is -2.45. The summed E-state index contributed by atoms with van der Waals surface area (Å²) in [6, 6.07) is 0.176. The molecule has 1 rings (SSSR count). The fourth-order valence-electron chi connectivity index (χ4n) is 1.90. The molecule has 0 radical (unpaired) electrons. The van der Waals surface area contributed by atoms with Crippen LogP contribution in [0.2, 0.25) is 0 Å². The second kappa shape index (κ2) is 5.61. The van der Waals surface area contributed by atoms with E-state index in [2.05, 4.69) is 27.8 Å². The Morgan fingerprint density at radius 3 is 2.33 bits per heavy atom. The summed E-state index contributed by atoms with van der Waals surface area (Å²) < 4.78 is 24.8. The smallest absolute Gasteiger partial charge is 0.224 e. The zero-order chi connectivity index (χ0) is 11.5. The lowest BCUT2D eigenvalue weighted by Gasteiger charge is -2.35. The van der Waals surface area contributed by atoms with Gasteiger partial charge in [-0.05, 0) is 32.5 Å². The number of piperidine rings is 1. The average Bonchev–Trinajstić information content (AvgIpc) is 2.28. The molecular formula is C9H19BrN2O2S. The normalized spacial score (nSPS) is 21.1. The first-order chi connectivity index (χ1) is 7.01. The lowest BCUT2D eigenvalue weighted by atomic mass is 10.1. The molecule has 1 saturated heterocycles. The molecular weight excluding hydrogens is 280 g/mol. The predicted molar refractivity (Wildman–Crippen MR) is 65.6 cm³/mol. The zero-order valence-electron chi connectivity index (χ0n) is 9.32. The van der Waals surface area contributed by atoms with Crippen molar-refractivity contribution in [2.75, 3.05) is 31.3 Å². The van der Waals surface area contributed by atoms with Crippen LogP contribution in [0.25, 0.3) is 0 Å². The summed E-state index contributed by atoms with van der Waals surface area (Å²) >= 11 is 3.02. The molecule has 1 aliphatic heterocycles. The van der Waals surface area contributed by atoms with Gasteiger partial charge in [0.05, 0.1) is 0 Å². The average molecular weight is 299 g/mol. The van der Waals surface area contributed by atoms with E-state index in [1.54, 1.807) is 7.05 Å². The van der Waals surface area contributed by atoms with E-state index in [0.717, 1.165) is 32.5 Å². The highest BCUT2D eigenvalue weighted by Gasteiger charge is 2.28. The fourth-order valence-corrected chi connectivity index (χ4v) is 3.69. The Kier molecular flexibility index (Phi) is 5.02. The van der Waals surface area contributed by atoms with Crippen LogP contribution in [-0.4, -0.2) is 55.0 Å². The minimum absolute atomic E-state index is 0.0183. The first kappa shape index (κ1) is 13.4.